The fraction of sp³-hybridized carbons (Fsp3) is 0.429. The summed E-state index contributed by atoms with van der Waals surface area (Å²) in [6.45, 7) is 1.12. The van der Waals surface area contributed by atoms with E-state index in [1.807, 2.05) is 0 Å². The summed E-state index contributed by atoms with van der Waals surface area (Å²) in [5.41, 5.74) is 20.6. The van der Waals surface area contributed by atoms with Crippen LogP contribution in [0.4, 0.5) is 22.0 Å². The zero-order valence-corrected chi connectivity index (χ0v) is 23.5. The molecule has 10 nitrogen and oxygen atoms in total. The van der Waals surface area contributed by atoms with Crippen LogP contribution in [0.3, 0.4) is 0 Å². The van der Waals surface area contributed by atoms with Crippen molar-refractivity contribution in [2.75, 3.05) is 26.2 Å². The van der Waals surface area contributed by atoms with E-state index in [4.69, 9.17) is 22.9 Å². The smallest absolute Gasteiger partial charge is 0.383 e. The second-order valence-electron chi connectivity index (χ2n) is 9.87. The van der Waals surface area contributed by atoms with Gasteiger partial charge >= 0.3 is 6.18 Å². The molecule has 0 unspecified atom stereocenters. The molecule has 2 aromatic carbocycles. The van der Waals surface area contributed by atoms with E-state index in [9.17, 15) is 36.3 Å². The number of nitrogens with two attached hydrogens (primary N) is 4. The van der Waals surface area contributed by atoms with Crippen molar-refractivity contribution in [1.29, 1.82) is 0 Å². The van der Waals surface area contributed by atoms with E-state index in [2.05, 4.69) is 10.3 Å². The maximum Gasteiger partial charge on any atom is 0.416 e. The first-order valence-electron chi connectivity index (χ1n) is 13.3. The van der Waals surface area contributed by atoms with Crippen LogP contribution in [0.1, 0.15) is 42.0 Å². The molecule has 0 aliphatic heterocycles. The maximum atomic E-state index is 14.0. The lowest BCUT2D eigenvalue weighted by Crippen LogP contribution is -2.50. The van der Waals surface area contributed by atoms with Crippen LogP contribution in [0.15, 0.2) is 53.5 Å². The number of amides is 3. The van der Waals surface area contributed by atoms with Gasteiger partial charge in [-0.2, -0.15) is 18.2 Å². The molecule has 0 saturated carbocycles. The minimum absolute atomic E-state index is 0.0284. The molecule has 0 radical (unpaired) electrons. The van der Waals surface area contributed by atoms with E-state index >= 15 is 0 Å². The SMILES string of the molecule is CC(F)(F)c1cc(C(N)=NC(=O)[C@H](CCc2ccccc2)NC(=O)[C@@H](N)CC(=O)N(CCN)CCN)cc(C(F)(F)F)c1. The number of halogens is 5. The Kier molecular flexibility index (Phi) is 12.7. The normalized spacial score (nSPS) is 13.7. The third kappa shape index (κ3) is 11.0. The summed E-state index contributed by atoms with van der Waals surface area (Å²) in [5, 5.41) is 2.43. The molecule has 2 rings (SSSR count). The number of alkyl halides is 5. The molecule has 0 saturated heterocycles. The van der Waals surface area contributed by atoms with Gasteiger partial charge in [-0.1, -0.05) is 30.3 Å². The Morgan fingerprint density at radius 2 is 1.53 bits per heavy atom. The summed E-state index contributed by atoms with van der Waals surface area (Å²) in [6.07, 6.45) is -5.17. The van der Waals surface area contributed by atoms with Crippen molar-refractivity contribution in [3.8, 4) is 0 Å². The number of aryl methyl sites for hydroxylation is 1. The minimum atomic E-state index is -4.98. The highest BCUT2D eigenvalue weighted by molar-refractivity contribution is 6.06. The van der Waals surface area contributed by atoms with Gasteiger partial charge in [-0.25, -0.2) is 8.78 Å². The van der Waals surface area contributed by atoms with Crippen LogP contribution in [0.5, 0.6) is 0 Å². The molecule has 0 bridgehead atoms. The lowest BCUT2D eigenvalue weighted by Gasteiger charge is -2.23. The Morgan fingerprint density at radius 3 is 2.07 bits per heavy atom. The number of aliphatic imine (C=N–C) groups is 1. The van der Waals surface area contributed by atoms with Crippen molar-refractivity contribution < 1.29 is 36.3 Å². The average molecular weight is 614 g/mol. The van der Waals surface area contributed by atoms with Crippen LogP contribution in [0.2, 0.25) is 0 Å². The number of nitrogens with zero attached hydrogens (tertiary/aromatic N) is 2. The first kappa shape index (κ1) is 35.2. The lowest BCUT2D eigenvalue weighted by molar-refractivity contribution is -0.137. The number of carbonyl (C=O) groups is 3. The van der Waals surface area contributed by atoms with Crippen LogP contribution < -0.4 is 28.3 Å². The Labute approximate surface area is 245 Å². The molecule has 0 aromatic heterocycles. The van der Waals surface area contributed by atoms with Gasteiger partial charge in [-0.15, -0.1) is 0 Å². The lowest BCUT2D eigenvalue weighted by atomic mass is 10.0. The van der Waals surface area contributed by atoms with Gasteiger partial charge in [0.1, 0.15) is 11.9 Å². The van der Waals surface area contributed by atoms with Crippen LogP contribution in [-0.4, -0.2) is 66.7 Å². The molecule has 9 N–H and O–H groups in total. The van der Waals surface area contributed by atoms with E-state index in [1.165, 1.54) is 4.90 Å². The zero-order chi connectivity index (χ0) is 32.4. The number of nitrogens with one attached hydrogen (secondary N) is 1. The fourth-order valence-electron chi connectivity index (χ4n) is 4.03. The Morgan fingerprint density at radius 1 is 0.953 bits per heavy atom. The van der Waals surface area contributed by atoms with Gasteiger partial charge in [0.15, 0.2) is 0 Å². The van der Waals surface area contributed by atoms with E-state index < -0.39 is 70.9 Å². The minimum Gasteiger partial charge on any atom is -0.383 e. The van der Waals surface area contributed by atoms with Crippen LogP contribution in [-0.2, 0) is 32.9 Å². The van der Waals surface area contributed by atoms with Crippen molar-refractivity contribution >= 4 is 23.6 Å². The molecule has 0 heterocycles. The summed E-state index contributed by atoms with van der Waals surface area (Å²) < 4.78 is 68.1. The Hall–Kier alpha value is -3.95. The first-order valence-corrected chi connectivity index (χ1v) is 13.3. The zero-order valence-electron chi connectivity index (χ0n) is 23.5. The van der Waals surface area contributed by atoms with Crippen LogP contribution >= 0.6 is 0 Å². The first-order chi connectivity index (χ1) is 20.1. The monoisotopic (exact) mass is 613 g/mol. The van der Waals surface area contributed by atoms with Gasteiger partial charge in [0.25, 0.3) is 11.8 Å². The molecule has 0 aliphatic rings. The van der Waals surface area contributed by atoms with Gasteiger partial charge in [0, 0.05) is 44.2 Å². The predicted molar refractivity (Wildman–Crippen MR) is 151 cm³/mol. The molecule has 15 heteroatoms. The summed E-state index contributed by atoms with van der Waals surface area (Å²) in [4.78, 5) is 43.7. The summed E-state index contributed by atoms with van der Waals surface area (Å²) in [5.74, 6) is -6.83. The van der Waals surface area contributed by atoms with E-state index in [0.717, 1.165) is 5.56 Å². The molecular weight excluding hydrogens is 577 g/mol. The second-order valence-corrected chi connectivity index (χ2v) is 9.87. The van der Waals surface area contributed by atoms with E-state index in [-0.39, 0.29) is 45.1 Å². The quantitative estimate of drug-likeness (QED) is 0.122. The van der Waals surface area contributed by atoms with Crippen molar-refractivity contribution in [3.63, 3.8) is 0 Å². The molecule has 0 fully saturated rings. The third-order valence-corrected chi connectivity index (χ3v) is 6.35. The van der Waals surface area contributed by atoms with Crippen molar-refractivity contribution in [1.82, 2.24) is 10.2 Å². The number of rotatable bonds is 14. The molecule has 2 atom stereocenters. The van der Waals surface area contributed by atoms with Gasteiger partial charge in [0.05, 0.1) is 18.0 Å². The Bertz CT molecular complexity index is 1250. The predicted octanol–water partition coefficient (Wildman–Crippen LogP) is 1.63. The molecule has 236 valence electrons. The summed E-state index contributed by atoms with van der Waals surface area (Å²) in [6, 6.07) is 7.56. The van der Waals surface area contributed by atoms with Crippen LogP contribution in [0.25, 0.3) is 0 Å². The molecule has 43 heavy (non-hydrogen) atoms. The topological polar surface area (TPSA) is 183 Å². The van der Waals surface area contributed by atoms with Gasteiger partial charge in [0.2, 0.25) is 11.8 Å². The number of hydrogen-bond acceptors (Lipinski definition) is 6. The number of carbonyl (C=O) groups excluding carboxylic acids is 3. The van der Waals surface area contributed by atoms with Crippen molar-refractivity contribution in [2.45, 2.75) is 50.4 Å². The largest absolute Gasteiger partial charge is 0.416 e. The summed E-state index contributed by atoms with van der Waals surface area (Å²) in [7, 11) is 0. The highest BCUT2D eigenvalue weighted by atomic mass is 19.4. The molecular formula is C28H36F5N7O3. The summed E-state index contributed by atoms with van der Waals surface area (Å²) >= 11 is 0. The fourth-order valence-corrected chi connectivity index (χ4v) is 4.03. The Balaban J connectivity index is 2.34. The molecule has 0 spiro atoms. The van der Waals surface area contributed by atoms with E-state index in [1.54, 1.807) is 30.3 Å². The number of amidine groups is 1. The highest BCUT2D eigenvalue weighted by Crippen LogP contribution is 2.35. The van der Waals surface area contributed by atoms with E-state index in [0.29, 0.717) is 19.1 Å². The maximum absolute atomic E-state index is 14.0. The molecule has 2 aromatic rings. The standard InChI is InChI=1S/C28H36F5N7O3/c1-27(29,30)19-13-18(14-20(15-19)28(31,32)33)24(37)39-26(43)22(8-7-17-5-3-2-4-6-17)38-25(42)21(36)16-23(41)40(11-9-34)12-10-35/h2-6,13-15,21-22H,7-12,16,34-36H2,1H3,(H,38,42)(H2,37,39,43)/t21-,22-/m0/s1. The second kappa shape index (κ2) is 15.5. The number of hydrogen-bond donors (Lipinski definition) is 5. The van der Waals surface area contributed by atoms with Gasteiger partial charge in [-0.3, -0.25) is 14.4 Å². The number of benzene rings is 2. The highest BCUT2D eigenvalue weighted by Gasteiger charge is 2.35. The molecule has 0 aliphatic carbocycles. The van der Waals surface area contributed by atoms with Gasteiger partial charge in [-0.05, 0) is 36.6 Å². The van der Waals surface area contributed by atoms with Crippen LogP contribution in [0, 0.1) is 0 Å². The average Bonchev–Trinajstić information content (AvgIpc) is 2.94. The van der Waals surface area contributed by atoms with Crippen molar-refractivity contribution in [2.24, 2.45) is 27.9 Å². The van der Waals surface area contributed by atoms with Gasteiger partial charge < -0.3 is 33.2 Å². The van der Waals surface area contributed by atoms with Crippen molar-refractivity contribution in [3.05, 3.63) is 70.8 Å². The third-order valence-electron chi connectivity index (χ3n) is 6.35. The molecule has 3 amide bonds.